The van der Waals surface area contributed by atoms with Crippen LogP contribution in [0.15, 0.2) is 43.1 Å². The monoisotopic (exact) mass is 413 g/mol. The number of ether oxygens (including phenoxy) is 1. The lowest BCUT2D eigenvalue weighted by molar-refractivity contribution is 0.0793. The summed E-state index contributed by atoms with van der Waals surface area (Å²) in [5, 5.41) is 11.0. The Morgan fingerprint density at radius 3 is 2.73 bits per heavy atom. The van der Waals surface area contributed by atoms with Gasteiger partial charge in [-0.05, 0) is 12.1 Å². The molecular weight excluding hydrogens is 396 g/mol. The van der Waals surface area contributed by atoms with Gasteiger partial charge in [-0.2, -0.15) is 5.10 Å². The van der Waals surface area contributed by atoms with Gasteiger partial charge in [0.25, 0.3) is 12.3 Å². The molecule has 0 spiro atoms. The molecule has 1 N–H and O–H groups in total. The number of rotatable bonds is 6. The van der Waals surface area contributed by atoms with E-state index in [9.17, 15) is 13.6 Å². The topological polar surface area (TPSA) is 99.2 Å². The van der Waals surface area contributed by atoms with Crippen LogP contribution >= 0.6 is 0 Å². The standard InChI is InChI=1S/C19H17F2N7O2/c1-22-18(29)12-3-11(5-23-6-12)15-8-24-17-4-14(13-7-25-27(2)9-13)19(26-28(15)17)30-10-16(20)21/h3-9,16H,10H2,1-2H3,(H,22,29). The van der Waals surface area contributed by atoms with Gasteiger partial charge in [0.15, 0.2) is 12.3 Å². The number of imidazole rings is 1. The summed E-state index contributed by atoms with van der Waals surface area (Å²) in [6.07, 6.45) is 5.23. The minimum Gasteiger partial charge on any atom is -0.470 e. The fourth-order valence-electron chi connectivity index (χ4n) is 2.96. The predicted octanol–water partition coefficient (Wildman–Crippen LogP) is 2.20. The lowest BCUT2D eigenvalue weighted by Gasteiger charge is -2.11. The summed E-state index contributed by atoms with van der Waals surface area (Å²) in [4.78, 5) is 20.4. The van der Waals surface area contributed by atoms with Crippen molar-refractivity contribution in [2.45, 2.75) is 6.43 Å². The van der Waals surface area contributed by atoms with Crippen molar-refractivity contribution in [3.63, 3.8) is 0 Å². The van der Waals surface area contributed by atoms with Gasteiger partial charge >= 0.3 is 0 Å². The first-order chi connectivity index (χ1) is 14.5. The zero-order valence-electron chi connectivity index (χ0n) is 16.1. The number of nitrogens with zero attached hydrogens (tertiary/aromatic N) is 6. The van der Waals surface area contributed by atoms with Crippen molar-refractivity contribution >= 4 is 11.6 Å². The zero-order chi connectivity index (χ0) is 21.3. The van der Waals surface area contributed by atoms with Gasteiger partial charge in [-0.15, -0.1) is 5.10 Å². The van der Waals surface area contributed by atoms with Crippen molar-refractivity contribution in [3.8, 4) is 28.3 Å². The first-order valence-electron chi connectivity index (χ1n) is 8.92. The van der Waals surface area contributed by atoms with Crippen LogP contribution in [0.2, 0.25) is 0 Å². The van der Waals surface area contributed by atoms with Crippen LogP contribution in [0.4, 0.5) is 8.78 Å². The summed E-state index contributed by atoms with van der Waals surface area (Å²) in [7, 11) is 3.27. The number of pyridine rings is 1. The molecule has 0 radical (unpaired) electrons. The number of amides is 1. The molecule has 0 saturated heterocycles. The third-order valence-electron chi connectivity index (χ3n) is 4.34. The average Bonchev–Trinajstić information content (AvgIpc) is 3.36. The van der Waals surface area contributed by atoms with Crippen LogP contribution in [0.5, 0.6) is 5.88 Å². The van der Waals surface area contributed by atoms with E-state index in [-0.39, 0.29) is 11.8 Å². The second-order valence-corrected chi connectivity index (χ2v) is 6.42. The van der Waals surface area contributed by atoms with Crippen molar-refractivity contribution in [1.82, 2.24) is 34.7 Å². The van der Waals surface area contributed by atoms with E-state index in [1.54, 1.807) is 48.6 Å². The van der Waals surface area contributed by atoms with Crippen molar-refractivity contribution in [3.05, 3.63) is 48.7 Å². The number of carbonyl (C=O) groups is 1. The van der Waals surface area contributed by atoms with E-state index >= 15 is 0 Å². The van der Waals surface area contributed by atoms with Gasteiger partial charge in [-0.3, -0.25) is 14.5 Å². The van der Waals surface area contributed by atoms with Crippen LogP contribution in [-0.4, -0.2) is 55.3 Å². The van der Waals surface area contributed by atoms with E-state index in [0.717, 1.165) is 0 Å². The Bertz CT molecular complexity index is 1220. The largest absolute Gasteiger partial charge is 0.470 e. The van der Waals surface area contributed by atoms with Crippen molar-refractivity contribution < 1.29 is 18.3 Å². The third-order valence-corrected chi connectivity index (χ3v) is 4.34. The molecule has 0 aliphatic carbocycles. The lowest BCUT2D eigenvalue weighted by atomic mass is 10.1. The van der Waals surface area contributed by atoms with Crippen LogP contribution in [0, 0.1) is 0 Å². The van der Waals surface area contributed by atoms with Gasteiger partial charge < -0.3 is 10.1 Å². The molecule has 154 valence electrons. The van der Waals surface area contributed by atoms with E-state index in [0.29, 0.717) is 33.6 Å². The maximum Gasteiger partial charge on any atom is 0.272 e. The molecule has 0 fully saturated rings. The summed E-state index contributed by atoms with van der Waals surface area (Å²) in [6.45, 7) is -0.802. The number of halogens is 2. The van der Waals surface area contributed by atoms with Gasteiger partial charge in [0.1, 0.15) is 0 Å². The molecule has 11 heteroatoms. The van der Waals surface area contributed by atoms with Crippen LogP contribution in [-0.2, 0) is 7.05 Å². The summed E-state index contributed by atoms with van der Waals surface area (Å²) in [6, 6.07) is 3.33. The molecule has 4 heterocycles. The molecule has 0 atom stereocenters. The van der Waals surface area contributed by atoms with Crippen molar-refractivity contribution in [2.24, 2.45) is 7.05 Å². The molecule has 0 bridgehead atoms. The molecule has 1 amide bonds. The molecule has 0 aliphatic rings. The van der Waals surface area contributed by atoms with Crippen LogP contribution < -0.4 is 10.1 Å². The van der Waals surface area contributed by atoms with Gasteiger partial charge in [0.05, 0.1) is 29.2 Å². The molecule has 4 aromatic heterocycles. The fourth-order valence-corrected chi connectivity index (χ4v) is 2.96. The molecule has 4 rings (SSSR count). The maximum atomic E-state index is 12.8. The normalized spacial score (nSPS) is 11.2. The molecular formula is C19H17F2N7O2. The van der Waals surface area contributed by atoms with Crippen molar-refractivity contribution in [1.29, 1.82) is 0 Å². The minimum atomic E-state index is -2.65. The Kier molecular flexibility index (Phi) is 5.09. The van der Waals surface area contributed by atoms with E-state index in [2.05, 4.69) is 25.5 Å². The van der Waals surface area contributed by atoms with Crippen LogP contribution in [0.25, 0.3) is 28.0 Å². The molecule has 0 saturated carbocycles. The van der Waals surface area contributed by atoms with Crippen molar-refractivity contribution in [2.75, 3.05) is 13.7 Å². The van der Waals surface area contributed by atoms with E-state index in [1.165, 1.54) is 17.8 Å². The molecule has 0 aliphatic heterocycles. The highest BCUT2D eigenvalue weighted by molar-refractivity contribution is 5.94. The second kappa shape index (κ2) is 7.85. The predicted molar refractivity (Wildman–Crippen MR) is 103 cm³/mol. The molecule has 9 nitrogen and oxygen atoms in total. The number of hydrogen-bond acceptors (Lipinski definition) is 6. The highest BCUT2D eigenvalue weighted by atomic mass is 19.3. The first kappa shape index (κ1) is 19.4. The Morgan fingerprint density at radius 2 is 2.03 bits per heavy atom. The number of aromatic nitrogens is 6. The van der Waals surface area contributed by atoms with Gasteiger partial charge in [-0.25, -0.2) is 18.3 Å². The average molecular weight is 413 g/mol. The summed E-state index contributed by atoms with van der Waals surface area (Å²) in [5.74, 6) is -0.267. The van der Waals surface area contributed by atoms with E-state index in [4.69, 9.17) is 4.74 Å². The number of hydrogen-bond donors (Lipinski definition) is 1. The molecule has 0 unspecified atom stereocenters. The highest BCUT2D eigenvalue weighted by Gasteiger charge is 2.18. The minimum absolute atomic E-state index is 0.0189. The Balaban J connectivity index is 1.84. The zero-order valence-corrected chi connectivity index (χ0v) is 16.1. The SMILES string of the molecule is CNC(=O)c1cncc(-c2cnc3cc(-c4cnn(C)c4)c(OCC(F)F)nn23)c1. The van der Waals surface area contributed by atoms with Gasteiger partial charge in [0, 0.05) is 43.8 Å². The van der Waals surface area contributed by atoms with Gasteiger partial charge in [-0.1, -0.05) is 0 Å². The van der Waals surface area contributed by atoms with Gasteiger partial charge in [0.2, 0.25) is 5.88 Å². The number of fused-ring (bicyclic) bond motifs is 1. The first-order valence-corrected chi connectivity index (χ1v) is 8.92. The smallest absolute Gasteiger partial charge is 0.272 e. The quantitative estimate of drug-likeness (QED) is 0.520. The number of carbonyl (C=O) groups excluding carboxylic acids is 1. The number of nitrogens with one attached hydrogen (secondary N) is 1. The Morgan fingerprint density at radius 1 is 1.20 bits per heavy atom. The second-order valence-electron chi connectivity index (χ2n) is 6.42. The molecule has 4 aromatic rings. The fraction of sp³-hybridized carbons (Fsp3) is 0.211. The molecule has 0 aromatic carbocycles. The maximum absolute atomic E-state index is 12.8. The summed E-state index contributed by atoms with van der Waals surface area (Å²) in [5.41, 5.74) is 3.10. The van der Waals surface area contributed by atoms with Crippen LogP contribution in [0.1, 0.15) is 10.4 Å². The molecule has 30 heavy (non-hydrogen) atoms. The summed E-state index contributed by atoms with van der Waals surface area (Å²) >= 11 is 0. The summed E-state index contributed by atoms with van der Waals surface area (Å²) < 4.78 is 33.9. The number of aryl methyl sites for hydroxylation is 1. The number of alkyl halides is 2. The third kappa shape index (κ3) is 3.69. The Labute approximate surface area is 169 Å². The van der Waals surface area contributed by atoms with Crippen LogP contribution in [0.3, 0.4) is 0 Å². The lowest BCUT2D eigenvalue weighted by Crippen LogP contribution is -2.18. The highest BCUT2D eigenvalue weighted by Crippen LogP contribution is 2.31. The van der Waals surface area contributed by atoms with E-state index in [1.807, 2.05) is 0 Å². The Hall–Kier alpha value is -3.89. The van der Waals surface area contributed by atoms with E-state index < -0.39 is 13.0 Å².